The predicted molar refractivity (Wildman–Crippen MR) is 75.1 cm³/mol. The quantitative estimate of drug-likeness (QED) is 0.738. The average molecular weight is 262 g/mol. The summed E-state index contributed by atoms with van der Waals surface area (Å²) in [5, 5.41) is 6.34. The van der Waals surface area contributed by atoms with E-state index in [1.54, 1.807) is 7.11 Å². The summed E-state index contributed by atoms with van der Waals surface area (Å²) >= 11 is 0. The van der Waals surface area contributed by atoms with Crippen LogP contribution in [0.3, 0.4) is 0 Å². The Labute approximate surface area is 114 Å². The molecule has 0 radical (unpaired) electrons. The second kappa shape index (κ2) is 6.57. The molecule has 2 N–H and O–H groups in total. The highest BCUT2D eigenvalue weighted by molar-refractivity contribution is 5.80. The molecule has 1 amide bonds. The van der Waals surface area contributed by atoms with Crippen LogP contribution in [0.1, 0.15) is 31.4 Å². The van der Waals surface area contributed by atoms with Gasteiger partial charge in [0.15, 0.2) is 0 Å². The number of rotatable bonds is 7. The molecule has 0 heterocycles. The van der Waals surface area contributed by atoms with Gasteiger partial charge in [-0.1, -0.05) is 12.1 Å². The van der Waals surface area contributed by atoms with Crippen LogP contribution >= 0.6 is 0 Å². The zero-order chi connectivity index (χ0) is 13.7. The van der Waals surface area contributed by atoms with E-state index in [1.165, 1.54) is 5.56 Å². The molecule has 0 aliphatic heterocycles. The number of carbonyl (C=O) groups is 1. The highest BCUT2D eigenvalue weighted by Crippen LogP contribution is 2.28. The summed E-state index contributed by atoms with van der Waals surface area (Å²) in [6.07, 6.45) is 2.11. The summed E-state index contributed by atoms with van der Waals surface area (Å²) in [6, 6.07) is 8.27. The van der Waals surface area contributed by atoms with Crippen molar-refractivity contribution in [3.63, 3.8) is 0 Å². The molecule has 1 unspecified atom stereocenters. The van der Waals surface area contributed by atoms with Crippen molar-refractivity contribution in [2.75, 3.05) is 20.2 Å². The monoisotopic (exact) mass is 262 g/mol. The van der Waals surface area contributed by atoms with E-state index in [-0.39, 0.29) is 17.9 Å². The standard InChI is InChI=1S/C15H22N2O2/c1-11(13-4-3-5-14(10-13)19-2)16-8-9-17-15(18)12-6-7-12/h3-5,10-12,16H,6-9H2,1-2H3,(H,17,18). The topological polar surface area (TPSA) is 50.4 Å². The van der Waals surface area contributed by atoms with Gasteiger partial charge in [0, 0.05) is 25.0 Å². The number of nitrogens with one attached hydrogen (secondary N) is 2. The number of amides is 1. The Balaban J connectivity index is 1.70. The Hall–Kier alpha value is -1.55. The van der Waals surface area contributed by atoms with Crippen molar-refractivity contribution >= 4 is 5.91 Å². The summed E-state index contributed by atoms with van der Waals surface area (Å²) in [7, 11) is 1.67. The zero-order valence-electron chi connectivity index (χ0n) is 11.6. The van der Waals surface area contributed by atoms with Crippen LogP contribution in [0.25, 0.3) is 0 Å². The molecule has 1 saturated carbocycles. The number of hydrogen-bond donors (Lipinski definition) is 2. The number of ether oxygens (including phenoxy) is 1. The Morgan fingerprint density at radius 2 is 2.21 bits per heavy atom. The fourth-order valence-corrected chi connectivity index (χ4v) is 1.99. The first-order valence-corrected chi connectivity index (χ1v) is 6.85. The Morgan fingerprint density at radius 3 is 2.89 bits per heavy atom. The van der Waals surface area contributed by atoms with Crippen LogP contribution in [0.5, 0.6) is 5.75 Å². The van der Waals surface area contributed by atoms with E-state index in [4.69, 9.17) is 4.74 Å². The average Bonchev–Trinajstić information content (AvgIpc) is 3.27. The fraction of sp³-hybridized carbons (Fsp3) is 0.533. The molecular weight excluding hydrogens is 240 g/mol. The Morgan fingerprint density at radius 1 is 1.42 bits per heavy atom. The minimum atomic E-state index is 0.204. The lowest BCUT2D eigenvalue weighted by Crippen LogP contribution is -2.33. The lowest BCUT2D eigenvalue weighted by molar-refractivity contribution is -0.122. The molecule has 1 aromatic carbocycles. The molecule has 19 heavy (non-hydrogen) atoms. The number of carbonyl (C=O) groups excluding carboxylic acids is 1. The van der Waals surface area contributed by atoms with E-state index in [2.05, 4.69) is 23.6 Å². The van der Waals surface area contributed by atoms with Crippen LogP contribution in [0.15, 0.2) is 24.3 Å². The first kappa shape index (κ1) is 13.9. The van der Waals surface area contributed by atoms with E-state index in [0.717, 1.165) is 25.1 Å². The molecule has 0 aromatic heterocycles. The minimum absolute atomic E-state index is 0.204. The van der Waals surface area contributed by atoms with Gasteiger partial charge >= 0.3 is 0 Å². The van der Waals surface area contributed by atoms with Gasteiger partial charge in [0.05, 0.1) is 7.11 Å². The minimum Gasteiger partial charge on any atom is -0.497 e. The van der Waals surface area contributed by atoms with E-state index in [9.17, 15) is 4.79 Å². The van der Waals surface area contributed by atoms with Crippen LogP contribution in [-0.2, 0) is 4.79 Å². The third kappa shape index (κ3) is 4.24. The highest BCUT2D eigenvalue weighted by Gasteiger charge is 2.28. The summed E-state index contributed by atoms with van der Waals surface area (Å²) in [6.45, 7) is 3.57. The highest BCUT2D eigenvalue weighted by atomic mass is 16.5. The second-order valence-corrected chi connectivity index (χ2v) is 5.02. The molecule has 1 atom stereocenters. The molecule has 0 saturated heterocycles. The van der Waals surface area contributed by atoms with Gasteiger partial charge in [-0.15, -0.1) is 0 Å². The molecule has 0 spiro atoms. The van der Waals surface area contributed by atoms with Crippen molar-refractivity contribution in [1.82, 2.24) is 10.6 Å². The molecule has 1 aliphatic rings. The number of hydrogen-bond acceptors (Lipinski definition) is 3. The molecule has 0 bridgehead atoms. The van der Waals surface area contributed by atoms with Gasteiger partial charge in [-0.25, -0.2) is 0 Å². The third-order valence-corrected chi connectivity index (χ3v) is 3.42. The van der Waals surface area contributed by atoms with Crippen molar-refractivity contribution in [3.8, 4) is 5.75 Å². The molecule has 2 rings (SSSR count). The summed E-state index contributed by atoms with van der Waals surface area (Å²) in [5.74, 6) is 1.36. The molecule has 4 heteroatoms. The van der Waals surface area contributed by atoms with E-state index >= 15 is 0 Å². The molecule has 1 aromatic rings. The van der Waals surface area contributed by atoms with Crippen molar-refractivity contribution in [1.29, 1.82) is 0 Å². The lowest BCUT2D eigenvalue weighted by Gasteiger charge is -2.15. The van der Waals surface area contributed by atoms with Crippen molar-refractivity contribution in [2.24, 2.45) is 5.92 Å². The second-order valence-electron chi connectivity index (χ2n) is 5.02. The number of methoxy groups -OCH3 is 1. The SMILES string of the molecule is COc1cccc(C(C)NCCNC(=O)C2CC2)c1. The van der Waals surface area contributed by atoms with Crippen LogP contribution < -0.4 is 15.4 Å². The molecule has 104 valence electrons. The van der Waals surface area contributed by atoms with Crippen molar-refractivity contribution in [2.45, 2.75) is 25.8 Å². The van der Waals surface area contributed by atoms with Gasteiger partial charge in [-0.05, 0) is 37.5 Å². The maximum Gasteiger partial charge on any atom is 0.223 e. The summed E-state index contributed by atoms with van der Waals surface area (Å²) < 4.78 is 5.21. The van der Waals surface area contributed by atoms with Gasteiger partial charge in [-0.2, -0.15) is 0 Å². The molecular formula is C15H22N2O2. The van der Waals surface area contributed by atoms with Crippen LogP contribution in [0.2, 0.25) is 0 Å². The van der Waals surface area contributed by atoms with Gasteiger partial charge in [-0.3, -0.25) is 4.79 Å². The first-order chi connectivity index (χ1) is 9.20. The Bertz CT molecular complexity index is 430. The first-order valence-electron chi connectivity index (χ1n) is 6.85. The largest absolute Gasteiger partial charge is 0.497 e. The summed E-state index contributed by atoms with van der Waals surface area (Å²) in [5.41, 5.74) is 1.19. The van der Waals surface area contributed by atoms with Gasteiger partial charge in [0.1, 0.15) is 5.75 Å². The van der Waals surface area contributed by atoms with Crippen LogP contribution in [-0.4, -0.2) is 26.1 Å². The fourth-order valence-electron chi connectivity index (χ4n) is 1.99. The van der Waals surface area contributed by atoms with Crippen LogP contribution in [0.4, 0.5) is 0 Å². The van der Waals surface area contributed by atoms with Crippen molar-refractivity contribution < 1.29 is 9.53 Å². The van der Waals surface area contributed by atoms with E-state index in [0.29, 0.717) is 6.54 Å². The molecule has 4 nitrogen and oxygen atoms in total. The van der Waals surface area contributed by atoms with E-state index in [1.807, 2.05) is 18.2 Å². The molecule has 1 fully saturated rings. The van der Waals surface area contributed by atoms with Gasteiger partial charge < -0.3 is 15.4 Å². The normalized spacial score (nSPS) is 15.9. The smallest absolute Gasteiger partial charge is 0.223 e. The van der Waals surface area contributed by atoms with E-state index < -0.39 is 0 Å². The van der Waals surface area contributed by atoms with Gasteiger partial charge in [0.2, 0.25) is 5.91 Å². The zero-order valence-corrected chi connectivity index (χ0v) is 11.6. The molecule has 1 aliphatic carbocycles. The predicted octanol–water partition coefficient (Wildman–Crippen LogP) is 1.87. The van der Waals surface area contributed by atoms with Crippen molar-refractivity contribution in [3.05, 3.63) is 29.8 Å². The Kier molecular flexibility index (Phi) is 4.80. The lowest BCUT2D eigenvalue weighted by atomic mass is 10.1. The van der Waals surface area contributed by atoms with Gasteiger partial charge in [0.25, 0.3) is 0 Å². The maximum atomic E-state index is 11.4. The van der Waals surface area contributed by atoms with Crippen LogP contribution in [0, 0.1) is 5.92 Å². The maximum absolute atomic E-state index is 11.4. The third-order valence-electron chi connectivity index (χ3n) is 3.42. The summed E-state index contributed by atoms with van der Waals surface area (Å²) in [4.78, 5) is 11.4. The number of benzene rings is 1.